The molecule has 0 N–H and O–H groups in total. The van der Waals surface area contributed by atoms with Gasteiger partial charge in [0.25, 0.3) is 0 Å². The van der Waals surface area contributed by atoms with Gasteiger partial charge in [0.1, 0.15) is 5.60 Å². The summed E-state index contributed by atoms with van der Waals surface area (Å²) in [5.41, 5.74) is 2.43. The van der Waals surface area contributed by atoms with Crippen molar-refractivity contribution in [3.63, 3.8) is 0 Å². The van der Waals surface area contributed by atoms with E-state index in [1.165, 1.54) is 44.1 Å². The van der Waals surface area contributed by atoms with Crippen LogP contribution in [0, 0.1) is 28.6 Å². The zero-order valence-corrected chi connectivity index (χ0v) is 14.9. The van der Waals surface area contributed by atoms with Crippen molar-refractivity contribution in [2.45, 2.75) is 83.8 Å². The van der Waals surface area contributed by atoms with Crippen molar-refractivity contribution in [3.8, 4) is 0 Å². The molecule has 0 bridgehead atoms. The van der Waals surface area contributed by atoms with E-state index >= 15 is 0 Å². The fourth-order valence-corrected chi connectivity index (χ4v) is 7.74. The number of ketones is 1. The number of epoxide rings is 1. The number of carbonyl (C=O) groups excluding carboxylic acids is 1. The third kappa shape index (κ3) is 1.62. The van der Waals surface area contributed by atoms with E-state index in [-0.39, 0.29) is 5.60 Å². The number of rotatable bonds is 0. The van der Waals surface area contributed by atoms with E-state index in [0.717, 1.165) is 30.6 Å². The summed E-state index contributed by atoms with van der Waals surface area (Å²) in [6.07, 6.45) is 12.2. The molecule has 1 saturated heterocycles. The van der Waals surface area contributed by atoms with Gasteiger partial charge >= 0.3 is 0 Å². The highest BCUT2D eigenvalue weighted by Gasteiger charge is 2.73. The number of ether oxygens (including phenoxy) is 1. The second-order valence-electron chi connectivity index (χ2n) is 9.61. The third-order valence-corrected chi connectivity index (χ3v) is 9.13. The highest BCUT2D eigenvalue weighted by atomic mass is 16.6. The highest BCUT2D eigenvalue weighted by molar-refractivity contribution is 5.91. The van der Waals surface area contributed by atoms with Gasteiger partial charge in [0.05, 0.1) is 6.10 Å². The molecule has 0 radical (unpaired) electrons. The fourth-order valence-electron chi connectivity index (χ4n) is 7.74. The largest absolute Gasteiger partial charge is 0.366 e. The van der Waals surface area contributed by atoms with Gasteiger partial charge in [-0.3, -0.25) is 4.79 Å². The maximum Gasteiger partial charge on any atom is 0.155 e. The average Bonchev–Trinajstić information content (AvgIpc) is 3.08. The summed E-state index contributed by atoms with van der Waals surface area (Å²) in [6, 6.07) is 0. The van der Waals surface area contributed by atoms with Gasteiger partial charge < -0.3 is 4.74 Å². The molecule has 4 aliphatic carbocycles. The summed E-state index contributed by atoms with van der Waals surface area (Å²) in [5.74, 6) is 2.89. The van der Waals surface area contributed by atoms with Crippen LogP contribution in [0.2, 0.25) is 0 Å². The normalized spacial score (nSPS) is 57.5. The number of hydrogen-bond acceptors (Lipinski definition) is 2. The second kappa shape index (κ2) is 4.31. The first-order valence-corrected chi connectivity index (χ1v) is 9.82. The molecule has 1 spiro atoms. The maximum atomic E-state index is 11.9. The van der Waals surface area contributed by atoms with Crippen LogP contribution in [0.1, 0.15) is 72.1 Å². The number of allylic oxidation sites excluding steroid dienone is 1. The highest BCUT2D eigenvalue weighted by Crippen LogP contribution is 2.72. The van der Waals surface area contributed by atoms with Gasteiger partial charge in [0.2, 0.25) is 0 Å². The molecule has 4 fully saturated rings. The lowest BCUT2D eigenvalue weighted by Crippen LogP contribution is -2.52. The Bertz CT molecular complexity index is 607. The molecule has 0 aromatic heterocycles. The first kappa shape index (κ1) is 14.7. The number of carbonyl (C=O) groups is 1. The Kier molecular flexibility index (Phi) is 2.75. The van der Waals surface area contributed by atoms with Crippen molar-refractivity contribution >= 4 is 5.78 Å². The Morgan fingerprint density at radius 2 is 1.78 bits per heavy atom. The van der Waals surface area contributed by atoms with Gasteiger partial charge in [0, 0.05) is 11.8 Å². The molecule has 0 aromatic carbocycles. The van der Waals surface area contributed by atoms with Crippen molar-refractivity contribution in [1.82, 2.24) is 0 Å². The second-order valence-corrected chi connectivity index (χ2v) is 9.61. The summed E-state index contributed by atoms with van der Waals surface area (Å²) in [4.78, 5) is 11.9. The molecule has 5 aliphatic rings. The topological polar surface area (TPSA) is 29.6 Å². The molecule has 1 aliphatic heterocycles. The Labute approximate surface area is 140 Å². The molecule has 1 heterocycles. The van der Waals surface area contributed by atoms with Crippen molar-refractivity contribution in [1.29, 1.82) is 0 Å². The number of hydrogen-bond donors (Lipinski definition) is 0. The molecule has 0 amide bonds. The van der Waals surface area contributed by atoms with Crippen LogP contribution in [0.15, 0.2) is 11.6 Å². The Balaban J connectivity index is 1.50. The maximum absolute atomic E-state index is 11.9. The molecule has 2 heteroatoms. The van der Waals surface area contributed by atoms with Crippen molar-refractivity contribution in [2.24, 2.45) is 28.6 Å². The Morgan fingerprint density at radius 3 is 2.52 bits per heavy atom. The SMILES string of the molecule is CC1O[C@@]12CC[C@H]1[C@@H]3CCC4=CC(=O)CC[C@]4(C)[C@H]3CC[C@@]12C. The van der Waals surface area contributed by atoms with Crippen LogP contribution < -0.4 is 0 Å². The van der Waals surface area contributed by atoms with Crippen LogP contribution in [-0.2, 0) is 9.53 Å². The van der Waals surface area contributed by atoms with Gasteiger partial charge in [-0.2, -0.15) is 0 Å². The van der Waals surface area contributed by atoms with Crippen LogP contribution in [0.3, 0.4) is 0 Å². The van der Waals surface area contributed by atoms with E-state index < -0.39 is 0 Å². The van der Waals surface area contributed by atoms with Crippen molar-refractivity contribution in [2.75, 3.05) is 0 Å². The zero-order valence-electron chi connectivity index (χ0n) is 14.9. The quantitative estimate of drug-likeness (QED) is 0.608. The van der Waals surface area contributed by atoms with E-state index in [0.29, 0.717) is 22.7 Å². The minimum absolute atomic E-state index is 0.224. The van der Waals surface area contributed by atoms with Gasteiger partial charge in [-0.15, -0.1) is 0 Å². The standard InChI is InChI=1S/C21H30O2/c1-13-21(23-13)11-8-18-16-5-4-14-12-15(22)6-9-19(14,2)17(16)7-10-20(18,21)3/h12-13,16-18H,4-11H2,1-3H3/t13?,16-,17+,18+,19+,20+,21+/m1/s1. The van der Waals surface area contributed by atoms with Gasteiger partial charge in [0.15, 0.2) is 5.78 Å². The molecule has 2 nitrogen and oxygen atoms in total. The molecule has 3 saturated carbocycles. The minimum Gasteiger partial charge on any atom is -0.366 e. The fraction of sp³-hybridized carbons (Fsp3) is 0.857. The molecular formula is C21H30O2. The summed E-state index contributed by atoms with van der Waals surface area (Å²) in [6.45, 7) is 7.31. The van der Waals surface area contributed by atoms with Gasteiger partial charge in [-0.1, -0.05) is 19.4 Å². The number of fused-ring (bicyclic) bond motifs is 6. The van der Waals surface area contributed by atoms with Crippen LogP contribution in [0.4, 0.5) is 0 Å². The lowest BCUT2D eigenvalue weighted by Gasteiger charge is -2.57. The smallest absolute Gasteiger partial charge is 0.155 e. The first-order valence-electron chi connectivity index (χ1n) is 9.82. The summed E-state index contributed by atoms with van der Waals surface area (Å²) in [5, 5.41) is 0. The predicted octanol–water partition coefficient (Wildman–Crippen LogP) is 4.68. The van der Waals surface area contributed by atoms with E-state index in [9.17, 15) is 4.79 Å². The van der Waals surface area contributed by atoms with Crippen LogP contribution >= 0.6 is 0 Å². The summed E-state index contributed by atoms with van der Waals surface area (Å²) in [7, 11) is 0. The predicted molar refractivity (Wildman–Crippen MR) is 90.0 cm³/mol. The Hall–Kier alpha value is -0.630. The molecular weight excluding hydrogens is 284 g/mol. The monoisotopic (exact) mass is 314 g/mol. The Morgan fingerprint density at radius 1 is 1.04 bits per heavy atom. The van der Waals surface area contributed by atoms with Crippen molar-refractivity contribution in [3.05, 3.63) is 11.6 Å². The van der Waals surface area contributed by atoms with E-state index in [1.807, 2.05) is 6.08 Å². The van der Waals surface area contributed by atoms with E-state index in [1.54, 1.807) is 0 Å². The average molecular weight is 314 g/mol. The van der Waals surface area contributed by atoms with Crippen LogP contribution in [0.5, 0.6) is 0 Å². The van der Waals surface area contributed by atoms with Crippen molar-refractivity contribution < 1.29 is 9.53 Å². The lowest BCUT2D eigenvalue weighted by atomic mass is 9.46. The molecule has 126 valence electrons. The molecule has 0 aromatic rings. The van der Waals surface area contributed by atoms with Crippen LogP contribution in [-0.4, -0.2) is 17.5 Å². The van der Waals surface area contributed by atoms with E-state index in [4.69, 9.17) is 4.74 Å². The van der Waals surface area contributed by atoms with Gasteiger partial charge in [-0.25, -0.2) is 0 Å². The minimum atomic E-state index is 0.224. The van der Waals surface area contributed by atoms with Gasteiger partial charge in [-0.05, 0) is 81.1 Å². The third-order valence-electron chi connectivity index (χ3n) is 9.13. The molecule has 23 heavy (non-hydrogen) atoms. The molecule has 5 rings (SSSR count). The first-order chi connectivity index (χ1) is 10.9. The zero-order chi connectivity index (χ0) is 16.0. The molecule has 1 unspecified atom stereocenters. The lowest BCUT2D eigenvalue weighted by molar-refractivity contribution is -0.117. The van der Waals surface area contributed by atoms with Crippen LogP contribution in [0.25, 0.3) is 0 Å². The summed E-state index contributed by atoms with van der Waals surface area (Å²) >= 11 is 0. The van der Waals surface area contributed by atoms with E-state index in [2.05, 4.69) is 20.8 Å². The molecule has 7 atom stereocenters. The summed E-state index contributed by atoms with van der Waals surface area (Å²) < 4.78 is 6.21.